The van der Waals surface area contributed by atoms with Crippen molar-refractivity contribution in [2.45, 2.75) is 18.9 Å². The molecule has 4 rings (SSSR count). The fraction of sp³-hybridized carbons (Fsp3) is 0.273. The Morgan fingerprint density at radius 3 is 2.33 bits per heavy atom. The lowest BCUT2D eigenvalue weighted by molar-refractivity contribution is -0.124. The van der Waals surface area contributed by atoms with Gasteiger partial charge in [0.2, 0.25) is 0 Å². The number of rotatable bonds is 5. The molecule has 5 heteroatoms. The normalized spacial score (nSPS) is 16.5. The largest absolute Gasteiger partial charge is 0.452 e. The van der Waals surface area contributed by atoms with Crippen molar-refractivity contribution in [1.82, 2.24) is 5.32 Å². The van der Waals surface area contributed by atoms with Crippen LogP contribution in [-0.2, 0) is 14.3 Å². The van der Waals surface area contributed by atoms with Crippen molar-refractivity contribution in [1.29, 1.82) is 0 Å². The molecule has 1 heterocycles. The molecule has 1 aliphatic heterocycles. The van der Waals surface area contributed by atoms with Crippen LogP contribution in [0.2, 0.25) is 0 Å². The highest BCUT2D eigenvalue weighted by Crippen LogP contribution is 2.29. The molecular weight excluding hydrogens is 342 g/mol. The third-order valence-electron chi connectivity index (χ3n) is 4.86. The highest BCUT2D eigenvalue weighted by molar-refractivity contribution is 6.16. The second kappa shape index (κ2) is 7.76. The van der Waals surface area contributed by atoms with Gasteiger partial charge < -0.3 is 14.8 Å². The van der Waals surface area contributed by atoms with Gasteiger partial charge in [0.05, 0.1) is 11.7 Å². The molecule has 1 aliphatic rings. The highest BCUT2D eigenvalue weighted by atomic mass is 16.5. The van der Waals surface area contributed by atoms with Crippen molar-refractivity contribution in [3.05, 3.63) is 60.2 Å². The molecule has 1 saturated heterocycles. The summed E-state index contributed by atoms with van der Waals surface area (Å²) < 4.78 is 10.8. The Hall–Kier alpha value is -2.92. The molecule has 0 bridgehead atoms. The maximum absolute atomic E-state index is 12.8. The van der Waals surface area contributed by atoms with Crippen molar-refractivity contribution in [3.8, 4) is 0 Å². The Morgan fingerprint density at radius 2 is 1.70 bits per heavy atom. The Morgan fingerprint density at radius 1 is 1.04 bits per heavy atom. The van der Waals surface area contributed by atoms with E-state index in [1.54, 1.807) is 0 Å². The van der Waals surface area contributed by atoms with Gasteiger partial charge in [0.25, 0.3) is 5.91 Å². The van der Waals surface area contributed by atoms with E-state index in [0.717, 1.165) is 41.0 Å². The molecule has 0 aliphatic carbocycles. The van der Waals surface area contributed by atoms with Gasteiger partial charge in [-0.05, 0) is 40.5 Å². The monoisotopic (exact) mass is 363 g/mol. The predicted octanol–water partition coefficient (Wildman–Crippen LogP) is 3.45. The van der Waals surface area contributed by atoms with Crippen LogP contribution in [0.1, 0.15) is 23.2 Å². The zero-order valence-corrected chi connectivity index (χ0v) is 14.9. The fourth-order valence-electron chi connectivity index (χ4n) is 3.52. The van der Waals surface area contributed by atoms with Crippen molar-refractivity contribution < 1.29 is 19.1 Å². The van der Waals surface area contributed by atoms with Crippen LogP contribution in [0.4, 0.5) is 0 Å². The summed E-state index contributed by atoms with van der Waals surface area (Å²) in [5.74, 6) is -0.807. The van der Waals surface area contributed by atoms with Gasteiger partial charge in [-0.15, -0.1) is 0 Å². The SMILES string of the molecule is O=C(COC(=O)c1c2ccccc2cc2ccccc12)NC[C@H]1CCCO1. The lowest BCUT2D eigenvalue weighted by Crippen LogP contribution is -2.34. The van der Waals surface area contributed by atoms with E-state index in [0.29, 0.717) is 12.1 Å². The number of carbonyl (C=O) groups excluding carboxylic acids is 2. The van der Waals surface area contributed by atoms with Gasteiger partial charge in [-0.3, -0.25) is 4.79 Å². The average Bonchev–Trinajstić information content (AvgIpc) is 3.22. The average molecular weight is 363 g/mol. The third kappa shape index (κ3) is 3.78. The predicted molar refractivity (Wildman–Crippen MR) is 104 cm³/mol. The molecule has 0 unspecified atom stereocenters. The number of fused-ring (bicyclic) bond motifs is 2. The maximum Gasteiger partial charge on any atom is 0.339 e. The number of nitrogens with one attached hydrogen (secondary N) is 1. The van der Waals surface area contributed by atoms with Crippen LogP contribution in [-0.4, -0.2) is 37.7 Å². The summed E-state index contributed by atoms with van der Waals surface area (Å²) in [5, 5.41) is 6.33. The van der Waals surface area contributed by atoms with Crippen molar-refractivity contribution in [2.24, 2.45) is 0 Å². The molecule has 3 aromatic carbocycles. The molecule has 1 fully saturated rings. The second-order valence-corrected chi connectivity index (χ2v) is 6.71. The fourth-order valence-corrected chi connectivity index (χ4v) is 3.52. The Balaban J connectivity index is 1.52. The van der Waals surface area contributed by atoms with Crippen LogP contribution in [0.5, 0.6) is 0 Å². The zero-order valence-electron chi connectivity index (χ0n) is 14.9. The molecule has 0 radical (unpaired) electrons. The smallest absolute Gasteiger partial charge is 0.339 e. The first-order chi connectivity index (χ1) is 13.2. The number of esters is 1. The van der Waals surface area contributed by atoms with Crippen molar-refractivity contribution >= 4 is 33.4 Å². The summed E-state index contributed by atoms with van der Waals surface area (Å²) in [6.07, 6.45) is 2.03. The molecule has 1 atom stereocenters. The molecule has 0 saturated carbocycles. The Bertz CT molecular complexity index is 938. The van der Waals surface area contributed by atoms with Gasteiger partial charge in [-0.25, -0.2) is 4.79 Å². The molecule has 0 aromatic heterocycles. The summed E-state index contributed by atoms with van der Waals surface area (Å²) in [4.78, 5) is 24.8. The van der Waals surface area contributed by atoms with Crippen LogP contribution in [0.15, 0.2) is 54.6 Å². The number of amides is 1. The van der Waals surface area contributed by atoms with Gasteiger partial charge in [0.1, 0.15) is 0 Å². The number of carbonyl (C=O) groups is 2. The van der Waals surface area contributed by atoms with E-state index in [-0.39, 0.29) is 18.6 Å². The van der Waals surface area contributed by atoms with E-state index >= 15 is 0 Å². The summed E-state index contributed by atoms with van der Waals surface area (Å²) >= 11 is 0. The molecule has 27 heavy (non-hydrogen) atoms. The van der Waals surface area contributed by atoms with E-state index < -0.39 is 5.97 Å². The first-order valence-corrected chi connectivity index (χ1v) is 9.18. The minimum absolute atomic E-state index is 0.0617. The first kappa shape index (κ1) is 17.5. The third-order valence-corrected chi connectivity index (χ3v) is 4.86. The molecule has 3 aromatic rings. The summed E-state index contributed by atoms with van der Waals surface area (Å²) in [6.45, 7) is 0.889. The summed E-state index contributed by atoms with van der Waals surface area (Å²) in [7, 11) is 0. The lowest BCUT2D eigenvalue weighted by Gasteiger charge is -2.13. The van der Waals surface area contributed by atoms with Crippen LogP contribution in [0, 0.1) is 0 Å². The van der Waals surface area contributed by atoms with Gasteiger partial charge >= 0.3 is 5.97 Å². The van der Waals surface area contributed by atoms with Gasteiger partial charge in [0.15, 0.2) is 6.61 Å². The van der Waals surface area contributed by atoms with Gasteiger partial charge in [-0.1, -0.05) is 48.5 Å². The Kier molecular flexibility index (Phi) is 5.03. The van der Waals surface area contributed by atoms with Gasteiger partial charge in [0, 0.05) is 13.2 Å². The molecule has 1 N–H and O–H groups in total. The molecule has 138 valence electrons. The molecular formula is C22H21NO4. The number of hydrogen-bond acceptors (Lipinski definition) is 4. The van der Waals surface area contributed by atoms with Crippen LogP contribution in [0.3, 0.4) is 0 Å². The van der Waals surface area contributed by atoms with Crippen LogP contribution >= 0.6 is 0 Å². The second-order valence-electron chi connectivity index (χ2n) is 6.71. The highest BCUT2D eigenvalue weighted by Gasteiger charge is 2.19. The standard InChI is InChI=1S/C22H21NO4/c24-20(23-13-17-8-5-11-26-17)14-27-22(25)21-18-9-3-1-6-15(18)12-16-7-2-4-10-19(16)21/h1-4,6-7,9-10,12,17H,5,8,11,13-14H2,(H,23,24)/t17-/m1/s1. The molecule has 1 amide bonds. The van der Waals surface area contributed by atoms with E-state index in [9.17, 15) is 9.59 Å². The van der Waals surface area contributed by atoms with Gasteiger partial charge in [-0.2, -0.15) is 0 Å². The van der Waals surface area contributed by atoms with E-state index in [1.165, 1.54) is 0 Å². The minimum atomic E-state index is -0.490. The first-order valence-electron chi connectivity index (χ1n) is 9.18. The summed E-state index contributed by atoms with van der Waals surface area (Å²) in [6, 6.07) is 17.4. The Labute approximate surface area is 157 Å². The zero-order chi connectivity index (χ0) is 18.6. The summed E-state index contributed by atoms with van der Waals surface area (Å²) in [5.41, 5.74) is 0.496. The number of benzene rings is 3. The topological polar surface area (TPSA) is 64.6 Å². The quantitative estimate of drug-likeness (QED) is 0.557. The molecule has 0 spiro atoms. The van der Waals surface area contributed by atoms with Crippen molar-refractivity contribution in [3.63, 3.8) is 0 Å². The maximum atomic E-state index is 12.8. The van der Waals surface area contributed by atoms with Crippen LogP contribution in [0.25, 0.3) is 21.5 Å². The minimum Gasteiger partial charge on any atom is -0.452 e. The number of hydrogen-bond donors (Lipinski definition) is 1. The molecule has 5 nitrogen and oxygen atoms in total. The lowest BCUT2D eigenvalue weighted by atomic mass is 9.97. The van der Waals surface area contributed by atoms with E-state index in [2.05, 4.69) is 11.4 Å². The van der Waals surface area contributed by atoms with Crippen molar-refractivity contribution in [2.75, 3.05) is 19.8 Å². The van der Waals surface area contributed by atoms with E-state index in [1.807, 2.05) is 48.5 Å². The van der Waals surface area contributed by atoms with E-state index in [4.69, 9.17) is 9.47 Å². The van der Waals surface area contributed by atoms with Crippen LogP contribution < -0.4 is 5.32 Å². The number of ether oxygens (including phenoxy) is 2.